The first-order valence-corrected chi connectivity index (χ1v) is 7.71. The Morgan fingerprint density at radius 1 is 1.28 bits per heavy atom. The molecule has 0 aromatic heterocycles. The van der Waals surface area contributed by atoms with Gasteiger partial charge in [-0.25, -0.2) is 0 Å². The van der Waals surface area contributed by atoms with Gasteiger partial charge in [0.25, 0.3) is 0 Å². The van der Waals surface area contributed by atoms with Crippen molar-refractivity contribution in [2.24, 2.45) is 11.8 Å². The van der Waals surface area contributed by atoms with E-state index in [0.717, 1.165) is 31.5 Å². The normalized spacial score (nSPS) is 25.3. The topological polar surface area (TPSA) is 21.3 Å². The molecule has 3 atom stereocenters. The average Bonchev–Trinajstić information content (AvgIpc) is 2.37. The number of unbranched alkanes of at least 4 members (excludes halogenated alkanes) is 2. The van der Waals surface area contributed by atoms with Gasteiger partial charge in [-0.05, 0) is 44.6 Å². The van der Waals surface area contributed by atoms with E-state index in [9.17, 15) is 0 Å². The summed E-state index contributed by atoms with van der Waals surface area (Å²) in [5.41, 5.74) is 0. The highest BCUT2D eigenvalue weighted by Gasteiger charge is 2.19. The van der Waals surface area contributed by atoms with E-state index in [1.165, 1.54) is 32.1 Å². The summed E-state index contributed by atoms with van der Waals surface area (Å²) in [6, 6.07) is 0. The molecule has 0 aromatic carbocycles. The summed E-state index contributed by atoms with van der Waals surface area (Å²) in [7, 11) is 0. The van der Waals surface area contributed by atoms with Crippen molar-refractivity contribution >= 4 is 0 Å². The van der Waals surface area contributed by atoms with Gasteiger partial charge in [0.1, 0.15) is 0 Å². The SMILES string of the molecule is CCCCCNCC(C)OCC1CC=CCC1C. The quantitative estimate of drug-likeness (QED) is 0.499. The summed E-state index contributed by atoms with van der Waals surface area (Å²) in [4.78, 5) is 0. The first-order valence-electron chi connectivity index (χ1n) is 7.71. The zero-order chi connectivity index (χ0) is 13.2. The van der Waals surface area contributed by atoms with E-state index in [1.807, 2.05) is 0 Å². The second-order valence-electron chi connectivity index (χ2n) is 5.74. The third kappa shape index (κ3) is 6.55. The fourth-order valence-corrected chi connectivity index (χ4v) is 2.39. The van der Waals surface area contributed by atoms with Crippen LogP contribution in [0.3, 0.4) is 0 Å². The minimum absolute atomic E-state index is 0.338. The molecule has 0 saturated carbocycles. The van der Waals surface area contributed by atoms with E-state index in [-0.39, 0.29) is 0 Å². The van der Waals surface area contributed by atoms with Crippen molar-refractivity contribution in [1.82, 2.24) is 5.32 Å². The van der Waals surface area contributed by atoms with Crippen LogP contribution in [-0.4, -0.2) is 25.8 Å². The highest BCUT2D eigenvalue weighted by atomic mass is 16.5. The van der Waals surface area contributed by atoms with Gasteiger partial charge < -0.3 is 10.1 Å². The molecule has 0 heterocycles. The van der Waals surface area contributed by atoms with Crippen LogP contribution in [0.2, 0.25) is 0 Å². The van der Waals surface area contributed by atoms with Crippen molar-refractivity contribution in [2.75, 3.05) is 19.7 Å². The summed E-state index contributed by atoms with van der Waals surface area (Å²) in [5.74, 6) is 1.50. The van der Waals surface area contributed by atoms with Crippen molar-refractivity contribution in [3.63, 3.8) is 0 Å². The van der Waals surface area contributed by atoms with Gasteiger partial charge in [-0.1, -0.05) is 38.8 Å². The molecule has 0 spiro atoms. The van der Waals surface area contributed by atoms with Crippen LogP contribution in [0.15, 0.2) is 12.2 Å². The Hall–Kier alpha value is -0.340. The molecule has 2 nitrogen and oxygen atoms in total. The average molecular weight is 253 g/mol. The van der Waals surface area contributed by atoms with E-state index in [4.69, 9.17) is 4.74 Å². The van der Waals surface area contributed by atoms with Crippen LogP contribution in [0.1, 0.15) is 52.9 Å². The second-order valence-corrected chi connectivity index (χ2v) is 5.74. The van der Waals surface area contributed by atoms with Crippen molar-refractivity contribution in [3.05, 3.63) is 12.2 Å². The smallest absolute Gasteiger partial charge is 0.0671 e. The van der Waals surface area contributed by atoms with Gasteiger partial charge in [0.15, 0.2) is 0 Å². The molecule has 0 bridgehead atoms. The molecule has 1 N–H and O–H groups in total. The van der Waals surface area contributed by atoms with E-state index < -0.39 is 0 Å². The van der Waals surface area contributed by atoms with Crippen LogP contribution < -0.4 is 5.32 Å². The summed E-state index contributed by atoms with van der Waals surface area (Å²) in [5, 5.41) is 3.48. The van der Waals surface area contributed by atoms with Gasteiger partial charge in [-0.15, -0.1) is 0 Å². The molecule has 1 rings (SSSR count). The fourth-order valence-electron chi connectivity index (χ4n) is 2.39. The molecule has 18 heavy (non-hydrogen) atoms. The van der Waals surface area contributed by atoms with Gasteiger partial charge in [0, 0.05) is 6.54 Å². The molecule has 3 unspecified atom stereocenters. The third-order valence-electron chi connectivity index (χ3n) is 3.90. The van der Waals surface area contributed by atoms with E-state index >= 15 is 0 Å². The Bertz CT molecular complexity index is 227. The lowest BCUT2D eigenvalue weighted by atomic mass is 9.85. The van der Waals surface area contributed by atoms with Crippen molar-refractivity contribution < 1.29 is 4.74 Å². The number of hydrogen-bond acceptors (Lipinski definition) is 2. The lowest BCUT2D eigenvalue weighted by Crippen LogP contribution is -2.30. The predicted molar refractivity (Wildman–Crippen MR) is 78.8 cm³/mol. The zero-order valence-corrected chi connectivity index (χ0v) is 12.5. The van der Waals surface area contributed by atoms with Gasteiger partial charge in [-0.2, -0.15) is 0 Å². The Kier molecular flexibility index (Phi) is 8.36. The summed E-state index contributed by atoms with van der Waals surface area (Å²) in [6.07, 6.45) is 11.3. The lowest BCUT2D eigenvalue weighted by Gasteiger charge is -2.26. The number of nitrogens with one attached hydrogen (secondary N) is 1. The fraction of sp³-hybridized carbons (Fsp3) is 0.875. The van der Waals surface area contributed by atoms with Crippen LogP contribution >= 0.6 is 0 Å². The second kappa shape index (κ2) is 9.57. The Morgan fingerprint density at radius 2 is 2.06 bits per heavy atom. The van der Waals surface area contributed by atoms with Crippen molar-refractivity contribution in [2.45, 2.75) is 59.0 Å². The van der Waals surface area contributed by atoms with Gasteiger partial charge in [0.05, 0.1) is 12.7 Å². The highest BCUT2D eigenvalue weighted by Crippen LogP contribution is 2.25. The van der Waals surface area contributed by atoms with Crippen LogP contribution in [0.4, 0.5) is 0 Å². The summed E-state index contributed by atoms with van der Waals surface area (Å²) in [6.45, 7) is 9.79. The Morgan fingerprint density at radius 3 is 2.78 bits per heavy atom. The van der Waals surface area contributed by atoms with E-state index in [2.05, 4.69) is 38.2 Å². The lowest BCUT2D eigenvalue weighted by molar-refractivity contribution is 0.0270. The van der Waals surface area contributed by atoms with Crippen molar-refractivity contribution in [3.8, 4) is 0 Å². The van der Waals surface area contributed by atoms with Crippen LogP contribution in [0.25, 0.3) is 0 Å². The van der Waals surface area contributed by atoms with Crippen LogP contribution in [0.5, 0.6) is 0 Å². The van der Waals surface area contributed by atoms with Gasteiger partial charge in [0.2, 0.25) is 0 Å². The molecule has 0 saturated heterocycles. The number of ether oxygens (including phenoxy) is 1. The summed E-state index contributed by atoms with van der Waals surface area (Å²) >= 11 is 0. The highest BCUT2D eigenvalue weighted by molar-refractivity contribution is 4.93. The maximum absolute atomic E-state index is 5.96. The molecule has 0 amide bonds. The minimum atomic E-state index is 0.338. The van der Waals surface area contributed by atoms with Crippen LogP contribution in [0, 0.1) is 11.8 Å². The molecule has 106 valence electrons. The summed E-state index contributed by atoms with van der Waals surface area (Å²) < 4.78 is 5.96. The predicted octanol–water partition coefficient (Wildman–Crippen LogP) is 3.77. The zero-order valence-electron chi connectivity index (χ0n) is 12.5. The molecule has 0 aliphatic heterocycles. The van der Waals surface area contributed by atoms with E-state index in [1.54, 1.807) is 0 Å². The van der Waals surface area contributed by atoms with Gasteiger partial charge in [-0.3, -0.25) is 0 Å². The monoisotopic (exact) mass is 253 g/mol. The number of hydrogen-bond donors (Lipinski definition) is 1. The Labute approximate surface area is 113 Å². The third-order valence-corrected chi connectivity index (χ3v) is 3.90. The first kappa shape index (κ1) is 15.7. The molecule has 1 aliphatic carbocycles. The Balaban J connectivity index is 2.02. The molecular weight excluding hydrogens is 222 g/mol. The molecule has 1 aliphatic rings. The first-order chi connectivity index (χ1) is 8.74. The standard InChI is InChI=1S/C16H31NO/c1-4-5-8-11-17-12-15(3)18-13-16-10-7-6-9-14(16)2/h6-7,14-17H,4-5,8-13H2,1-3H3. The minimum Gasteiger partial charge on any atom is -0.377 e. The maximum atomic E-state index is 5.96. The largest absolute Gasteiger partial charge is 0.377 e. The van der Waals surface area contributed by atoms with Crippen molar-refractivity contribution in [1.29, 1.82) is 0 Å². The molecule has 0 fully saturated rings. The molecule has 0 aromatic rings. The molecular formula is C16H31NO. The molecule has 2 heteroatoms. The van der Waals surface area contributed by atoms with Crippen LogP contribution in [-0.2, 0) is 4.74 Å². The molecule has 0 radical (unpaired) electrons. The van der Waals surface area contributed by atoms with Gasteiger partial charge >= 0.3 is 0 Å². The van der Waals surface area contributed by atoms with E-state index in [0.29, 0.717) is 6.10 Å². The number of rotatable bonds is 9. The number of allylic oxidation sites excluding steroid dienone is 2. The maximum Gasteiger partial charge on any atom is 0.0671 e.